The lowest BCUT2D eigenvalue weighted by atomic mass is 10.3. The van der Waals surface area contributed by atoms with Crippen LogP contribution in [0.3, 0.4) is 0 Å². The van der Waals surface area contributed by atoms with E-state index in [4.69, 9.17) is 10.3 Å². The van der Waals surface area contributed by atoms with Gasteiger partial charge >= 0.3 is 0 Å². The molecule has 0 bridgehead atoms. The van der Waals surface area contributed by atoms with E-state index >= 15 is 0 Å². The highest BCUT2D eigenvalue weighted by atomic mass is 16.5. The Kier molecular flexibility index (Phi) is 1.09. The number of aromatic nitrogens is 2. The summed E-state index contributed by atoms with van der Waals surface area (Å²) in [7, 11) is 0. The van der Waals surface area contributed by atoms with Crippen molar-refractivity contribution in [2.75, 3.05) is 5.73 Å². The predicted molar refractivity (Wildman–Crippen MR) is 41.0 cm³/mol. The van der Waals surface area contributed by atoms with Crippen LogP contribution in [-0.4, -0.2) is 10.1 Å². The van der Waals surface area contributed by atoms with Crippen molar-refractivity contribution in [1.29, 1.82) is 0 Å². The van der Waals surface area contributed by atoms with Crippen LogP contribution in [0.15, 0.2) is 16.8 Å². The summed E-state index contributed by atoms with van der Waals surface area (Å²) in [5.41, 5.74) is 7.77. The minimum atomic E-state index is 0.347. The van der Waals surface area contributed by atoms with Crippen LogP contribution in [0.2, 0.25) is 0 Å². The topological polar surface area (TPSA) is 64.9 Å². The summed E-state index contributed by atoms with van der Waals surface area (Å²) in [6.45, 7) is 1.94. The molecule has 0 aliphatic rings. The number of anilines is 1. The van der Waals surface area contributed by atoms with E-state index in [1.165, 1.54) is 0 Å². The molecular formula is C7H7N3O. The van der Waals surface area contributed by atoms with Gasteiger partial charge in [-0.25, -0.2) is 4.98 Å². The van der Waals surface area contributed by atoms with Gasteiger partial charge in [0.25, 0.3) is 0 Å². The van der Waals surface area contributed by atoms with E-state index < -0.39 is 0 Å². The van der Waals surface area contributed by atoms with Crippen LogP contribution in [0.5, 0.6) is 0 Å². The summed E-state index contributed by atoms with van der Waals surface area (Å²) in [4.78, 5) is 4.06. The second-order valence-corrected chi connectivity index (χ2v) is 2.43. The SMILES string of the molecule is Cc1cnc2c(N)noc2c1. The lowest BCUT2D eigenvalue weighted by Crippen LogP contribution is -1.85. The number of pyridine rings is 1. The third-order valence-corrected chi connectivity index (χ3v) is 1.47. The standard InChI is InChI=1S/C7H7N3O/c1-4-2-5-6(9-3-4)7(8)10-11-5/h2-3H,1H3,(H2,8,10). The molecule has 0 aliphatic heterocycles. The van der Waals surface area contributed by atoms with Gasteiger partial charge in [-0.05, 0) is 18.6 Å². The van der Waals surface area contributed by atoms with Gasteiger partial charge in [0.2, 0.25) is 0 Å². The maximum Gasteiger partial charge on any atom is 0.193 e. The first kappa shape index (κ1) is 6.15. The first-order chi connectivity index (χ1) is 5.27. The fourth-order valence-electron chi connectivity index (χ4n) is 0.946. The van der Waals surface area contributed by atoms with Crippen LogP contribution in [0.25, 0.3) is 11.1 Å². The minimum absolute atomic E-state index is 0.347. The molecule has 2 aromatic heterocycles. The zero-order chi connectivity index (χ0) is 7.84. The van der Waals surface area contributed by atoms with Crippen LogP contribution in [0.4, 0.5) is 5.82 Å². The van der Waals surface area contributed by atoms with Crippen LogP contribution in [0, 0.1) is 6.92 Å². The van der Waals surface area contributed by atoms with Gasteiger partial charge in [0, 0.05) is 6.20 Å². The summed E-state index contributed by atoms with van der Waals surface area (Å²) >= 11 is 0. The fourth-order valence-corrected chi connectivity index (χ4v) is 0.946. The molecule has 0 fully saturated rings. The van der Waals surface area contributed by atoms with Crippen molar-refractivity contribution in [3.05, 3.63) is 17.8 Å². The zero-order valence-electron chi connectivity index (χ0n) is 6.03. The Morgan fingerprint density at radius 2 is 2.36 bits per heavy atom. The summed E-state index contributed by atoms with van der Waals surface area (Å²) < 4.78 is 4.89. The first-order valence-electron chi connectivity index (χ1n) is 3.25. The summed E-state index contributed by atoms with van der Waals surface area (Å²) in [6, 6.07) is 1.85. The van der Waals surface area contributed by atoms with Crippen LogP contribution in [-0.2, 0) is 0 Å². The molecule has 0 atom stereocenters. The largest absolute Gasteiger partial charge is 0.379 e. The van der Waals surface area contributed by atoms with Crippen molar-refractivity contribution in [3.8, 4) is 0 Å². The first-order valence-corrected chi connectivity index (χ1v) is 3.25. The van der Waals surface area contributed by atoms with Crippen molar-refractivity contribution in [1.82, 2.24) is 10.1 Å². The minimum Gasteiger partial charge on any atom is -0.379 e. The molecule has 4 heteroatoms. The average molecular weight is 149 g/mol. The lowest BCUT2D eigenvalue weighted by Gasteiger charge is -1.88. The third-order valence-electron chi connectivity index (χ3n) is 1.47. The highest BCUT2D eigenvalue weighted by Crippen LogP contribution is 2.17. The second-order valence-electron chi connectivity index (χ2n) is 2.43. The third kappa shape index (κ3) is 0.832. The molecule has 2 heterocycles. The molecule has 56 valence electrons. The molecule has 11 heavy (non-hydrogen) atoms. The van der Waals surface area contributed by atoms with E-state index in [1.807, 2.05) is 13.0 Å². The number of nitrogens with zero attached hydrogens (tertiary/aromatic N) is 2. The van der Waals surface area contributed by atoms with E-state index in [1.54, 1.807) is 6.20 Å². The second kappa shape index (κ2) is 1.95. The van der Waals surface area contributed by atoms with E-state index in [0.29, 0.717) is 16.9 Å². The van der Waals surface area contributed by atoms with Crippen LogP contribution < -0.4 is 5.73 Å². The normalized spacial score (nSPS) is 10.6. The Bertz CT molecular complexity index is 393. The Morgan fingerprint density at radius 3 is 3.18 bits per heavy atom. The summed E-state index contributed by atoms with van der Waals surface area (Å²) in [5.74, 6) is 0.347. The molecule has 2 rings (SSSR count). The van der Waals surface area contributed by atoms with E-state index in [9.17, 15) is 0 Å². The van der Waals surface area contributed by atoms with Gasteiger partial charge in [-0.1, -0.05) is 5.16 Å². The molecule has 0 saturated heterocycles. The number of hydrogen-bond acceptors (Lipinski definition) is 4. The molecule has 2 aromatic rings. The lowest BCUT2D eigenvalue weighted by molar-refractivity contribution is 0.460. The van der Waals surface area contributed by atoms with Gasteiger partial charge < -0.3 is 10.3 Å². The van der Waals surface area contributed by atoms with Crippen molar-refractivity contribution >= 4 is 16.9 Å². The highest BCUT2D eigenvalue weighted by molar-refractivity contribution is 5.82. The van der Waals surface area contributed by atoms with Crippen molar-refractivity contribution in [3.63, 3.8) is 0 Å². The van der Waals surface area contributed by atoms with Crippen molar-refractivity contribution in [2.24, 2.45) is 0 Å². The molecule has 0 saturated carbocycles. The number of nitrogen functional groups attached to an aromatic ring is 1. The van der Waals surface area contributed by atoms with Gasteiger partial charge in [-0.15, -0.1) is 0 Å². The Balaban J connectivity index is 2.86. The summed E-state index contributed by atoms with van der Waals surface area (Å²) in [5, 5.41) is 3.58. The molecule has 0 amide bonds. The number of aryl methyl sites for hydroxylation is 1. The zero-order valence-corrected chi connectivity index (χ0v) is 6.03. The fraction of sp³-hybridized carbons (Fsp3) is 0.143. The van der Waals surface area contributed by atoms with Gasteiger partial charge in [0.05, 0.1) is 0 Å². The van der Waals surface area contributed by atoms with E-state index in [-0.39, 0.29) is 0 Å². The molecule has 2 N–H and O–H groups in total. The van der Waals surface area contributed by atoms with Crippen LogP contribution in [0.1, 0.15) is 5.56 Å². The molecule has 0 radical (unpaired) electrons. The molecule has 4 nitrogen and oxygen atoms in total. The monoisotopic (exact) mass is 149 g/mol. The summed E-state index contributed by atoms with van der Waals surface area (Å²) in [6.07, 6.45) is 1.73. The molecular weight excluding hydrogens is 142 g/mol. The Labute approximate surface area is 63.0 Å². The Hall–Kier alpha value is -1.58. The maximum absolute atomic E-state index is 5.46. The Morgan fingerprint density at radius 1 is 1.55 bits per heavy atom. The van der Waals surface area contributed by atoms with Gasteiger partial charge in [-0.2, -0.15) is 0 Å². The molecule has 0 aliphatic carbocycles. The highest BCUT2D eigenvalue weighted by Gasteiger charge is 2.04. The molecule has 0 spiro atoms. The van der Waals surface area contributed by atoms with Crippen molar-refractivity contribution in [2.45, 2.75) is 6.92 Å². The number of fused-ring (bicyclic) bond motifs is 1. The van der Waals surface area contributed by atoms with Crippen LogP contribution >= 0.6 is 0 Å². The quantitative estimate of drug-likeness (QED) is 0.609. The van der Waals surface area contributed by atoms with E-state index in [0.717, 1.165) is 5.56 Å². The number of hydrogen-bond donors (Lipinski definition) is 1. The molecule has 0 unspecified atom stereocenters. The van der Waals surface area contributed by atoms with Gasteiger partial charge in [0.15, 0.2) is 16.9 Å². The van der Waals surface area contributed by atoms with Gasteiger partial charge in [-0.3, -0.25) is 0 Å². The number of rotatable bonds is 0. The predicted octanol–water partition coefficient (Wildman–Crippen LogP) is 1.11. The average Bonchev–Trinajstić information content (AvgIpc) is 2.32. The number of nitrogens with two attached hydrogens (primary N) is 1. The van der Waals surface area contributed by atoms with Gasteiger partial charge in [0.1, 0.15) is 0 Å². The molecule has 0 aromatic carbocycles. The van der Waals surface area contributed by atoms with E-state index in [2.05, 4.69) is 10.1 Å². The van der Waals surface area contributed by atoms with Crippen molar-refractivity contribution < 1.29 is 4.52 Å². The smallest absolute Gasteiger partial charge is 0.193 e. The maximum atomic E-state index is 5.46.